The van der Waals surface area contributed by atoms with E-state index in [2.05, 4.69) is 19.2 Å². The van der Waals surface area contributed by atoms with E-state index in [1.165, 1.54) is 6.92 Å². The van der Waals surface area contributed by atoms with Crippen molar-refractivity contribution in [1.29, 1.82) is 0 Å². The molecule has 0 fully saturated rings. The van der Waals surface area contributed by atoms with Gasteiger partial charge in [-0.05, 0) is 31.0 Å². The summed E-state index contributed by atoms with van der Waals surface area (Å²) in [4.78, 5) is 11.3. The first-order valence-electron chi connectivity index (χ1n) is 6.22. The van der Waals surface area contributed by atoms with E-state index in [0.29, 0.717) is 30.3 Å². The second-order valence-corrected chi connectivity index (χ2v) is 4.75. The molecule has 18 heavy (non-hydrogen) atoms. The zero-order valence-corrected chi connectivity index (χ0v) is 11.3. The molecule has 3 N–H and O–H groups in total. The van der Waals surface area contributed by atoms with Crippen molar-refractivity contribution in [3.63, 3.8) is 0 Å². The van der Waals surface area contributed by atoms with Crippen LogP contribution in [0.2, 0.25) is 0 Å². The van der Waals surface area contributed by atoms with E-state index in [1.807, 2.05) is 6.07 Å². The van der Waals surface area contributed by atoms with Gasteiger partial charge < -0.3 is 15.8 Å². The summed E-state index contributed by atoms with van der Waals surface area (Å²) in [5.41, 5.74) is 7.69. The number of anilines is 2. The Labute approximate surface area is 109 Å². The van der Waals surface area contributed by atoms with E-state index < -0.39 is 0 Å². The van der Waals surface area contributed by atoms with Crippen LogP contribution in [0, 0.1) is 5.92 Å². The lowest BCUT2D eigenvalue weighted by atomic mass is 10.1. The smallest absolute Gasteiger partial charge is 0.161 e. The molecule has 0 heterocycles. The Balaban J connectivity index is 2.43. The first-order chi connectivity index (χ1) is 8.50. The third-order valence-corrected chi connectivity index (χ3v) is 2.46. The molecule has 4 nitrogen and oxygen atoms in total. The molecule has 1 aromatic carbocycles. The van der Waals surface area contributed by atoms with Crippen molar-refractivity contribution in [3.05, 3.63) is 23.8 Å². The van der Waals surface area contributed by atoms with Crippen LogP contribution in [0.4, 0.5) is 11.4 Å². The number of carbonyl (C=O) groups is 1. The van der Waals surface area contributed by atoms with Crippen molar-refractivity contribution in [2.75, 3.05) is 30.8 Å². The highest BCUT2D eigenvalue weighted by atomic mass is 16.5. The highest BCUT2D eigenvalue weighted by Gasteiger charge is 2.05. The highest BCUT2D eigenvalue weighted by Crippen LogP contribution is 2.18. The van der Waals surface area contributed by atoms with Gasteiger partial charge in [-0.1, -0.05) is 13.8 Å². The molecule has 0 aliphatic heterocycles. The van der Waals surface area contributed by atoms with Crippen molar-refractivity contribution >= 4 is 17.2 Å². The number of rotatable bonds is 7. The van der Waals surface area contributed by atoms with Crippen molar-refractivity contribution in [3.8, 4) is 0 Å². The lowest BCUT2D eigenvalue weighted by Crippen LogP contribution is -2.12. The summed E-state index contributed by atoms with van der Waals surface area (Å²) >= 11 is 0. The zero-order chi connectivity index (χ0) is 13.5. The van der Waals surface area contributed by atoms with Gasteiger partial charge >= 0.3 is 0 Å². The van der Waals surface area contributed by atoms with Gasteiger partial charge in [-0.2, -0.15) is 0 Å². The molecular formula is C14H22N2O2. The van der Waals surface area contributed by atoms with Crippen LogP contribution in [0.1, 0.15) is 31.1 Å². The number of ketones is 1. The number of benzene rings is 1. The van der Waals surface area contributed by atoms with Crippen LogP contribution in [-0.4, -0.2) is 25.5 Å². The zero-order valence-electron chi connectivity index (χ0n) is 11.3. The molecule has 0 aromatic heterocycles. The number of nitrogens with one attached hydrogen (secondary N) is 1. The van der Waals surface area contributed by atoms with Gasteiger partial charge in [0.15, 0.2) is 5.78 Å². The van der Waals surface area contributed by atoms with E-state index in [9.17, 15) is 4.79 Å². The minimum Gasteiger partial charge on any atom is -0.398 e. The Hall–Kier alpha value is -1.55. The van der Waals surface area contributed by atoms with Crippen LogP contribution >= 0.6 is 0 Å². The number of ether oxygens (including phenoxy) is 1. The number of nitrogen functional groups attached to an aromatic ring is 1. The average Bonchev–Trinajstić information content (AvgIpc) is 2.30. The molecule has 0 aliphatic carbocycles. The number of hydrogen-bond donors (Lipinski definition) is 2. The number of carbonyl (C=O) groups excluding carboxylic acids is 1. The van der Waals surface area contributed by atoms with E-state index in [-0.39, 0.29) is 5.78 Å². The second kappa shape index (κ2) is 7.01. The lowest BCUT2D eigenvalue weighted by molar-refractivity contribution is 0.101. The van der Waals surface area contributed by atoms with Crippen LogP contribution in [-0.2, 0) is 4.74 Å². The van der Waals surface area contributed by atoms with E-state index >= 15 is 0 Å². The van der Waals surface area contributed by atoms with Crippen LogP contribution in [0.15, 0.2) is 18.2 Å². The summed E-state index contributed by atoms with van der Waals surface area (Å²) in [5.74, 6) is 0.526. The maximum atomic E-state index is 11.3. The summed E-state index contributed by atoms with van der Waals surface area (Å²) < 4.78 is 5.46. The lowest BCUT2D eigenvalue weighted by Gasteiger charge is -2.10. The molecule has 4 heteroatoms. The normalized spacial score (nSPS) is 10.7. The Morgan fingerprint density at radius 2 is 2.17 bits per heavy atom. The molecule has 1 rings (SSSR count). The van der Waals surface area contributed by atoms with Crippen LogP contribution < -0.4 is 11.1 Å². The first kappa shape index (κ1) is 14.5. The minimum absolute atomic E-state index is 0.0211. The topological polar surface area (TPSA) is 64.3 Å². The molecule has 100 valence electrons. The summed E-state index contributed by atoms with van der Waals surface area (Å²) in [5, 5.41) is 3.21. The van der Waals surface area contributed by atoms with E-state index in [0.717, 1.165) is 12.3 Å². The highest BCUT2D eigenvalue weighted by molar-refractivity contribution is 5.99. The van der Waals surface area contributed by atoms with Gasteiger partial charge in [0.2, 0.25) is 0 Å². The van der Waals surface area contributed by atoms with Crippen molar-refractivity contribution in [2.45, 2.75) is 20.8 Å². The van der Waals surface area contributed by atoms with Gasteiger partial charge in [0, 0.05) is 30.1 Å². The van der Waals surface area contributed by atoms with E-state index in [4.69, 9.17) is 10.5 Å². The third kappa shape index (κ3) is 4.75. The summed E-state index contributed by atoms with van der Waals surface area (Å²) in [6.45, 7) is 7.88. The molecular weight excluding hydrogens is 228 g/mol. The van der Waals surface area contributed by atoms with Crippen molar-refractivity contribution in [2.24, 2.45) is 5.92 Å². The van der Waals surface area contributed by atoms with Crippen molar-refractivity contribution < 1.29 is 9.53 Å². The predicted octanol–water partition coefficient (Wildman–Crippen LogP) is 2.56. The Kier molecular flexibility index (Phi) is 5.65. The molecule has 0 radical (unpaired) electrons. The standard InChI is InChI=1S/C14H22N2O2/c1-10(2)9-18-7-6-16-12-4-5-14(15)13(8-12)11(3)17/h4-5,8,10,16H,6-7,9,15H2,1-3H3. The predicted molar refractivity (Wildman–Crippen MR) is 75.0 cm³/mol. The van der Waals surface area contributed by atoms with Gasteiger partial charge in [-0.15, -0.1) is 0 Å². The minimum atomic E-state index is -0.0211. The monoisotopic (exact) mass is 250 g/mol. The van der Waals surface area contributed by atoms with Gasteiger partial charge in [0.1, 0.15) is 0 Å². The van der Waals surface area contributed by atoms with E-state index in [1.54, 1.807) is 12.1 Å². The maximum Gasteiger partial charge on any atom is 0.161 e. The SMILES string of the molecule is CC(=O)c1cc(NCCOCC(C)C)ccc1N. The molecule has 0 spiro atoms. The maximum absolute atomic E-state index is 11.3. The molecule has 0 atom stereocenters. The molecule has 0 amide bonds. The molecule has 1 aromatic rings. The number of Topliss-reactive ketones (excluding diaryl/α,β-unsaturated/α-hetero) is 1. The Morgan fingerprint density at radius 1 is 1.44 bits per heavy atom. The van der Waals surface area contributed by atoms with Crippen LogP contribution in [0.25, 0.3) is 0 Å². The van der Waals surface area contributed by atoms with Gasteiger partial charge in [-0.3, -0.25) is 4.79 Å². The van der Waals surface area contributed by atoms with Crippen molar-refractivity contribution in [1.82, 2.24) is 0 Å². The second-order valence-electron chi connectivity index (χ2n) is 4.75. The van der Waals surface area contributed by atoms with Gasteiger partial charge in [0.25, 0.3) is 0 Å². The fraction of sp³-hybridized carbons (Fsp3) is 0.500. The summed E-state index contributed by atoms with van der Waals surface area (Å²) in [6.07, 6.45) is 0. The molecule has 0 unspecified atom stereocenters. The fourth-order valence-electron chi connectivity index (χ4n) is 1.56. The molecule has 0 aliphatic rings. The van der Waals surface area contributed by atoms with Gasteiger partial charge in [-0.25, -0.2) is 0 Å². The average molecular weight is 250 g/mol. The Bertz CT molecular complexity index is 403. The van der Waals surface area contributed by atoms with Crippen LogP contribution in [0.3, 0.4) is 0 Å². The number of hydrogen-bond acceptors (Lipinski definition) is 4. The molecule has 0 saturated heterocycles. The molecule has 0 saturated carbocycles. The first-order valence-corrected chi connectivity index (χ1v) is 6.22. The summed E-state index contributed by atoms with van der Waals surface area (Å²) in [7, 11) is 0. The Morgan fingerprint density at radius 3 is 2.78 bits per heavy atom. The number of nitrogens with two attached hydrogens (primary N) is 1. The third-order valence-electron chi connectivity index (χ3n) is 2.46. The summed E-state index contributed by atoms with van der Waals surface area (Å²) in [6, 6.07) is 5.39. The largest absolute Gasteiger partial charge is 0.398 e. The fourth-order valence-corrected chi connectivity index (χ4v) is 1.56. The molecule has 0 bridgehead atoms. The van der Waals surface area contributed by atoms with Gasteiger partial charge in [0.05, 0.1) is 6.61 Å². The quantitative estimate of drug-likeness (QED) is 0.443. The van der Waals surface area contributed by atoms with Crippen LogP contribution in [0.5, 0.6) is 0 Å².